The topological polar surface area (TPSA) is 43.4 Å². The summed E-state index contributed by atoms with van der Waals surface area (Å²) in [6, 6.07) is 13.3. The molecule has 0 bridgehead atoms. The van der Waals surface area contributed by atoms with Gasteiger partial charge in [-0.2, -0.15) is 8.42 Å². The summed E-state index contributed by atoms with van der Waals surface area (Å²) in [4.78, 5) is 0.127. The van der Waals surface area contributed by atoms with E-state index in [1.54, 1.807) is 36.4 Å². The fourth-order valence-electron chi connectivity index (χ4n) is 1.57. The molecular formula is C14H13ClO3S. The molecule has 0 heterocycles. The van der Waals surface area contributed by atoms with Crippen LogP contribution in [0.25, 0.3) is 0 Å². The van der Waals surface area contributed by atoms with Crippen molar-refractivity contribution in [2.75, 3.05) is 0 Å². The van der Waals surface area contributed by atoms with Crippen molar-refractivity contribution < 1.29 is 12.6 Å². The van der Waals surface area contributed by atoms with Crippen LogP contribution in [0.15, 0.2) is 53.4 Å². The van der Waals surface area contributed by atoms with Crippen LogP contribution in [0, 0.1) is 6.92 Å². The molecule has 2 aromatic carbocycles. The molecule has 0 saturated heterocycles. The molecule has 0 fully saturated rings. The molecule has 0 radical (unpaired) electrons. The van der Waals surface area contributed by atoms with Gasteiger partial charge in [-0.1, -0.05) is 35.9 Å². The van der Waals surface area contributed by atoms with Gasteiger partial charge in [0.25, 0.3) is 0 Å². The second-order valence-electron chi connectivity index (χ2n) is 4.09. The normalized spacial score (nSPS) is 11.3. The van der Waals surface area contributed by atoms with Crippen LogP contribution in [0.5, 0.6) is 5.75 Å². The summed E-state index contributed by atoms with van der Waals surface area (Å²) in [5, 5.41) is 0. The third kappa shape index (κ3) is 3.28. The molecule has 0 atom stereocenters. The zero-order valence-corrected chi connectivity index (χ0v) is 11.9. The van der Waals surface area contributed by atoms with Gasteiger partial charge in [0.1, 0.15) is 10.6 Å². The van der Waals surface area contributed by atoms with Crippen LogP contribution < -0.4 is 4.18 Å². The summed E-state index contributed by atoms with van der Waals surface area (Å²) in [7, 11) is -3.82. The first-order valence-corrected chi connectivity index (χ1v) is 7.62. The molecule has 19 heavy (non-hydrogen) atoms. The van der Waals surface area contributed by atoms with E-state index in [1.165, 1.54) is 12.1 Å². The first-order chi connectivity index (χ1) is 9.03. The van der Waals surface area contributed by atoms with Crippen LogP contribution >= 0.6 is 11.6 Å². The van der Waals surface area contributed by atoms with Crippen molar-refractivity contribution >= 4 is 21.7 Å². The Morgan fingerprint density at radius 1 is 1.05 bits per heavy atom. The van der Waals surface area contributed by atoms with Gasteiger partial charge in [0.2, 0.25) is 0 Å². The smallest absolute Gasteiger partial charge is 0.339 e. The molecule has 3 nitrogen and oxygen atoms in total. The Morgan fingerprint density at radius 3 is 2.32 bits per heavy atom. The Balaban J connectivity index is 2.34. The van der Waals surface area contributed by atoms with Gasteiger partial charge in [0.05, 0.1) is 5.88 Å². The summed E-state index contributed by atoms with van der Waals surface area (Å²) in [5.74, 6) is 0.456. The van der Waals surface area contributed by atoms with E-state index in [2.05, 4.69) is 0 Å². The molecular weight excluding hydrogens is 284 g/mol. The summed E-state index contributed by atoms with van der Waals surface area (Å²) in [6.07, 6.45) is 0. The highest BCUT2D eigenvalue weighted by Crippen LogP contribution is 2.24. The molecule has 100 valence electrons. The summed E-state index contributed by atoms with van der Waals surface area (Å²) >= 11 is 5.75. The number of alkyl halides is 1. The number of halogens is 1. The van der Waals surface area contributed by atoms with Crippen molar-refractivity contribution in [1.29, 1.82) is 0 Å². The van der Waals surface area contributed by atoms with Crippen molar-refractivity contribution in [3.63, 3.8) is 0 Å². The number of hydrogen-bond donors (Lipinski definition) is 0. The predicted molar refractivity (Wildman–Crippen MR) is 75.0 cm³/mol. The van der Waals surface area contributed by atoms with E-state index >= 15 is 0 Å². The zero-order chi connectivity index (χ0) is 13.9. The van der Waals surface area contributed by atoms with Crippen molar-refractivity contribution in [2.45, 2.75) is 17.7 Å². The molecule has 0 spiro atoms. The van der Waals surface area contributed by atoms with Crippen LogP contribution in [-0.4, -0.2) is 8.42 Å². The first kappa shape index (κ1) is 13.9. The summed E-state index contributed by atoms with van der Waals surface area (Å²) in [5.41, 5.74) is 1.62. The van der Waals surface area contributed by atoms with Crippen LogP contribution in [0.2, 0.25) is 0 Å². The van der Waals surface area contributed by atoms with E-state index in [4.69, 9.17) is 15.8 Å². The lowest BCUT2D eigenvalue weighted by molar-refractivity contribution is 0.484. The van der Waals surface area contributed by atoms with Crippen LogP contribution in [-0.2, 0) is 16.0 Å². The minimum Gasteiger partial charge on any atom is -0.379 e. The Hall–Kier alpha value is -1.52. The second kappa shape index (κ2) is 5.63. The van der Waals surface area contributed by atoms with Crippen molar-refractivity contribution in [2.24, 2.45) is 0 Å². The number of rotatable bonds is 4. The first-order valence-electron chi connectivity index (χ1n) is 5.68. The highest BCUT2D eigenvalue weighted by molar-refractivity contribution is 7.87. The standard InChI is InChI=1S/C14H13ClO3S/c1-11-6-8-13(9-7-11)19(16,17)18-14-5-3-2-4-12(14)10-15/h2-9H,10H2,1H3. The second-order valence-corrected chi connectivity index (χ2v) is 5.91. The lowest BCUT2D eigenvalue weighted by Crippen LogP contribution is -2.10. The molecule has 0 aliphatic heterocycles. The third-order valence-electron chi connectivity index (χ3n) is 2.63. The highest BCUT2D eigenvalue weighted by atomic mass is 35.5. The maximum atomic E-state index is 12.1. The predicted octanol–water partition coefficient (Wildman–Crippen LogP) is 3.50. The van der Waals surface area contributed by atoms with Crippen molar-refractivity contribution in [3.05, 3.63) is 59.7 Å². The Bertz CT molecular complexity index is 663. The van der Waals surface area contributed by atoms with Gasteiger partial charge >= 0.3 is 10.1 Å². The Kier molecular flexibility index (Phi) is 4.12. The van der Waals surface area contributed by atoms with Crippen molar-refractivity contribution in [3.8, 4) is 5.75 Å². The molecule has 0 unspecified atom stereocenters. The number of para-hydroxylation sites is 1. The van der Waals surface area contributed by atoms with Crippen LogP contribution in [0.1, 0.15) is 11.1 Å². The summed E-state index contributed by atoms with van der Waals surface area (Å²) < 4.78 is 29.4. The van der Waals surface area contributed by atoms with Crippen molar-refractivity contribution in [1.82, 2.24) is 0 Å². The zero-order valence-electron chi connectivity index (χ0n) is 10.3. The van der Waals surface area contributed by atoms with Gasteiger partial charge in [-0.15, -0.1) is 11.6 Å². The Morgan fingerprint density at radius 2 is 1.68 bits per heavy atom. The average Bonchev–Trinajstić information content (AvgIpc) is 2.39. The molecule has 0 saturated carbocycles. The maximum Gasteiger partial charge on any atom is 0.339 e. The van der Waals surface area contributed by atoms with E-state index in [-0.39, 0.29) is 16.5 Å². The number of benzene rings is 2. The van der Waals surface area contributed by atoms with E-state index in [9.17, 15) is 8.42 Å². The maximum absolute atomic E-state index is 12.1. The lowest BCUT2D eigenvalue weighted by Gasteiger charge is -2.10. The summed E-state index contributed by atoms with van der Waals surface area (Å²) in [6.45, 7) is 1.89. The molecule has 0 aliphatic carbocycles. The third-order valence-corrected chi connectivity index (χ3v) is 4.16. The van der Waals surface area contributed by atoms with Crippen LogP contribution in [0.3, 0.4) is 0 Å². The number of aryl methyl sites for hydroxylation is 1. The van der Waals surface area contributed by atoms with E-state index in [1.807, 2.05) is 6.92 Å². The minimum absolute atomic E-state index is 0.127. The monoisotopic (exact) mass is 296 g/mol. The lowest BCUT2D eigenvalue weighted by atomic mass is 10.2. The van der Waals surface area contributed by atoms with E-state index in [0.29, 0.717) is 5.56 Å². The largest absolute Gasteiger partial charge is 0.379 e. The fraction of sp³-hybridized carbons (Fsp3) is 0.143. The van der Waals surface area contributed by atoms with Gasteiger partial charge in [0, 0.05) is 5.56 Å². The number of hydrogen-bond acceptors (Lipinski definition) is 3. The molecule has 2 aromatic rings. The minimum atomic E-state index is -3.82. The molecule has 0 N–H and O–H groups in total. The van der Waals surface area contributed by atoms with Gasteiger partial charge in [-0.3, -0.25) is 0 Å². The molecule has 0 aromatic heterocycles. The van der Waals surface area contributed by atoms with E-state index < -0.39 is 10.1 Å². The Labute approximate surface area is 117 Å². The molecule has 2 rings (SSSR count). The molecule has 0 aliphatic rings. The fourth-order valence-corrected chi connectivity index (χ4v) is 2.75. The van der Waals surface area contributed by atoms with Gasteiger partial charge in [-0.05, 0) is 25.1 Å². The molecule has 0 amide bonds. The highest BCUT2D eigenvalue weighted by Gasteiger charge is 2.17. The quantitative estimate of drug-likeness (QED) is 0.640. The van der Waals surface area contributed by atoms with Gasteiger partial charge in [0.15, 0.2) is 0 Å². The van der Waals surface area contributed by atoms with Gasteiger partial charge in [-0.25, -0.2) is 0 Å². The SMILES string of the molecule is Cc1ccc(S(=O)(=O)Oc2ccccc2CCl)cc1. The van der Waals surface area contributed by atoms with Gasteiger partial charge < -0.3 is 4.18 Å². The molecule has 5 heteroatoms. The van der Waals surface area contributed by atoms with Crippen LogP contribution in [0.4, 0.5) is 0 Å². The van der Waals surface area contributed by atoms with E-state index in [0.717, 1.165) is 5.56 Å². The average molecular weight is 297 g/mol.